The topological polar surface area (TPSA) is 39.1 Å². The minimum Gasteiger partial charge on any atom is -0.292 e. The number of carbonyl (C=O) groups is 2. The number of hydrogen-bond donors (Lipinski definition) is 0. The van der Waals surface area contributed by atoms with Crippen molar-refractivity contribution >= 4 is 22.6 Å². The van der Waals surface area contributed by atoms with Crippen LogP contribution in [0.2, 0.25) is 0 Å². The van der Waals surface area contributed by atoms with Gasteiger partial charge in [-0.2, -0.15) is 0 Å². The molecular weight excluding hydrogens is 202 g/mol. The molecule has 0 fully saturated rings. The molecule has 0 unspecified atom stereocenters. The maximum atomic E-state index is 11.8. The lowest BCUT2D eigenvalue weighted by Crippen LogP contribution is -2.11. The van der Waals surface area contributed by atoms with E-state index in [-0.39, 0.29) is 11.7 Å². The molecule has 3 nitrogen and oxygen atoms in total. The van der Waals surface area contributed by atoms with Crippen molar-refractivity contribution in [2.75, 3.05) is 0 Å². The number of benzene rings is 1. The number of rotatable bonds is 0. The molecule has 1 aromatic carbocycles. The van der Waals surface area contributed by atoms with E-state index in [9.17, 15) is 9.59 Å². The lowest BCUT2D eigenvalue weighted by Gasteiger charge is -2.02. The predicted molar refractivity (Wildman–Crippen MR) is 60.9 cm³/mol. The van der Waals surface area contributed by atoms with E-state index < -0.39 is 0 Å². The van der Waals surface area contributed by atoms with Crippen molar-refractivity contribution in [3.8, 4) is 0 Å². The van der Waals surface area contributed by atoms with Gasteiger partial charge in [-0.05, 0) is 18.1 Å². The largest absolute Gasteiger partial charge is 0.292 e. The van der Waals surface area contributed by atoms with E-state index in [4.69, 9.17) is 0 Å². The normalized spacial score (nSPS) is 14.4. The molecule has 16 heavy (non-hydrogen) atoms. The summed E-state index contributed by atoms with van der Waals surface area (Å²) < 4.78 is 1.56. The number of Topliss-reactive ketones (excluding diaryl/α,β-unsaturated/α-hetero) is 1. The summed E-state index contributed by atoms with van der Waals surface area (Å²) in [5.74, 6) is -0.00546. The van der Waals surface area contributed by atoms with Gasteiger partial charge >= 0.3 is 0 Å². The number of aryl methyl sites for hydroxylation is 1. The van der Waals surface area contributed by atoms with Crippen LogP contribution in [0, 0.1) is 0 Å². The van der Waals surface area contributed by atoms with E-state index in [0.29, 0.717) is 12.1 Å². The minimum absolute atomic E-state index is 0.0846. The van der Waals surface area contributed by atoms with E-state index in [1.54, 1.807) is 4.57 Å². The lowest BCUT2D eigenvalue weighted by atomic mass is 10.1. The zero-order valence-corrected chi connectivity index (χ0v) is 8.99. The number of carbonyl (C=O) groups excluding carboxylic acids is 2. The molecular formula is C13H11NO2. The van der Waals surface area contributed by atoms with Crippen molar-refractivity contribution < 1.29 is 9.59 Å². The zero-order chi connectivity index (χ0) is 11.3. The van der Waals surface area contributed by atoms with Crippen molar-refractivity contribution in [3.05, 3.63) is 35.5 Å². The van der Waals surface area contributed by atoms with E-state index in [2.05, 4.69) is 0 Å². The molecule has 3 heteroatoms. The molecule has 3 rings (SSSR count). The van der Waals surface area contributed by atoms with Crippen LogP contribution >= 0.6 is 0 Å². The van der Waals surface area contributed by atoms with Gasteiger partial charge < -0.3 is 0 Å². The highest BCUT2D eigenvalue weighted by Gasteiger charge is 2.29. The van der Waals surface area contributed by atoms with Gasteiger partial charge in [-0.1, -0.05) is 18.2 Å². The van der Waals surface area contributed by atoms with E-state index in [0.717, 1.165) is 22.9 Å². The number of nitrogens with zero attached hydrogens (tertiary/aromatic N) is 1. The first-order valence-electron chi connectivity index (χ1n) is 5.36. The van der Waals surface area contributed by atoms with Crippen LogP contribution in [-0.4, -0.2) is 16.3 Å². The van der Waals surface area contributed by atoms with Gasteiger partial charge in [0.15, 0.2) is 5.78 Å². The zero-order valence-electron chi connectivity index (χ0n) is 8.99. The van der Waals surface area contributed by atoms with E-state index in [1.165, 1.54) is 6.92 Å². The Morgan fingerprint density at radius 1 is 1.25 bits per heavy atom. The van der Waals surface area contributed by atoms with Gasteiger partial charge in [0, 0.05) is 18.7 Å². The van der Waals surface area contributed by atoms with Crippen LogP contribution in [-0.2, 0) is 6.42 Å². The maximum absolute atomic E-state index is 11.8. The summed E-state index contributed by atoms with van der Waals surface area (Å²) in [5.41, 5.74) is 2.50. The molecule has 0 spiro atoms. The summed E-state index contributed by atoms with van der Waals surface area (Å²) in [6.07, 6.45) is 1.29. The smallest absolute Gasteiger partial charge is 0.228 e. The Bertz CT molecular complexity index is 622. The Hall–Kier alpha value is -1.90. The highest BCUT2D eigenvalue weighted by atomic mass is 16.2. The Balaban J connectivity index is 2.50. The summed E-state index contributed by atoms with van der Waals surface area (Å²) in [4.78, 5) is 23.4. The van der Waals surface area contributed by atoms with Crippen LogP contribution in [0.4, 0.5) is 0 Å². The molecule has 0 saturated carbocycles. The summed E-state index contributed by atoms with van der Waals surface area (Å²) in [6, 6.07) is 7.70. The van der Waals surface area contributed by atoms with Gasteiger partial charge in [0.25, 0.3) is 0 Å². The first kappa shape index (κ1) is 9.33. The van der Waals surface area contributed by atoms with E-state index >= 15 is 0 Å². The Labute approximate surface area is 92.7 Å². The molecule has 0 atom stereocenters. The second-order valence-electron chi connectivity index (χ2n) is 4.12. The van der Waals surface area contributed by atoms with Crippen LogP contribution in [0.1, 0.15) is 34.2 Å². The Morgan fingerprint density at radius 3 is 2.75 bits per heavy atom. The molecule has 1 aliphatic carbocycles. The maximum Gasteiger partial charge on any atom is 0.228 e. The fourth-order valence-corrected chi connectivity index (χ4v) is 2.54. The second-order valence-corrected chi connectivity index (χ2v) is 4.12. The molecule has 0 bridgehead atoms. The van der Waals surface area contributed by atoms with Gasteiger partial charge in [0.1, 0.15) is 0 Å². The van der Waals surface area contributed by atoms with Crippen molar-refractivity contribution in [1.29, 1.82) is 0 Å². The number of hydrogen-bond acceptors (Lipinski definition) is 2. The van der Waals surface area contributed by atoms with Crippen LogP contribution in [0.15, 0.2) is 24.3 Å². The SMILES string of the molecule is CC(=O)n1c2c(c3ccccc31)CCC2=O. The number of ketones is 1. The summed E-state index contributed by atoms with van der Waals surface area (Å²) in [5, 5.41) is 1.04. The Kier molecular flexibility index (Phi) is 1.78. The first-order valence-corrected chi connectivity index (χ1v) is 5.36. The predicted octanol–water partition coefficient (Wildman–Crippen LogP) is 2.43. The molecule has 2 aromatic rings. The quantitative estimate of drug-likeness (QED) is 0.674. The summed E-state index contributed by atoms with van der Waals surface area (Å²) in [6.45, 7) is 1.50. The molecule has 0 aliphatic heterocycles. The fraction of sp³-hybridized carbons (Fsp3) is 0.231. The van der Waals surface area contributed by atoms with Crippen molar-refractivity contribution in [1.82, 2.24) is 4.57 Å². The number of fused-ring (bicyclic) bond motifs is 3. The molecule has 0 amide bonds. The van der Waals surface area contributed by atoms with Gasteiger partial charge in [-0.25, -0.2) is 0 Å². The third-order valence-electron chi connectivity index (χ3n) is 3.16. The molecule has 0 N–H and O–H groups in total. The molecule has 1 heterocycles. The third kappa shape index (κ3) is 1.03. The van der Waals surface area contributed by atoms with E-state index in [1.807, 2.05) is 24.3 Å². The highest BCUT2D eigenvalue weighted by Crippen LogP contribution is 2.32. The molecule has 80 valence electrons. The molecule has 0 saturated heterocycles. The minimum atomic E-state index is -0.0901. The van der Waals surface area contributed by atoms with Crippen LogP contribution in [0.5, 0.6) is 0 Å². The second kappa shape index (κ2) is 3.04. The summed E-state index contributed by atoms with van der Waals surface area (Å²) >= 11 is 0. The van der Waals surface area contributed by atoms with Gasteiger partial charge in [-0.15, -0.1) is 0 Å². The molecule has 1 aliphatic rings. The highest BCUT2D eigenvalue weighted by molar-refractivity contribution is 6.10. The molecule has 0 radical (unpaired) electrons. The van der Waals surface area contributed by atoms with Crippen molar-refractivity contribution in [2.45, 2.75) is 19.8 Å². The Morgan fingerprint density at radius 2 is 2.00 bits per heavy atom. The number of para-hydroxylation sites is 1. The third-order valence-corrected chi connectivity index (χ3v) is 3.16. The standard InChI is InChI=1S/C13H11NO2/c1-8(15)14-11-5-3-2-4-9(11)10-6-7-12(16)13(10)14/h2-5H,6-7H2,1H3. The monoisotopic (exact) mass is 213 g/mol. The average molecular weight is 213 g/mol. The van der Waals surface area contributed by atoms with Gasteiger partial charge in [-0.3, -0.25) is 14.2 Å². The average Bonchev–Trinajstić information content (AvgIpc) is 2.77. The fourth-order valence-electron chi connectivity index (χ4n) is 2.54. The van der Waals surface area contributed by atoms with Gasteiger partial charge in [0.2, 0.25) is 5.91 Å². The van der Waals surface area contributed by atoms with Crippen LogP contribution in [0.3, 0.4) is 0 Å². The van der Waals surface area contributed by atoms with Crippen molar-refractivity contribution in [2.24, 2.45) is 0 Å². The number of aromatic nitrogens is 1. The van der Waals surface area contributed by atoms with Crippen LogP contribution < -0.4 is 0 Å². The van der Waals surface area contributed by atoms with Crippen LogP contribution in [0.25, 0.3) is 10.9 Å². The van der Waals surface area contributed by atoms with Gasteiger partial charge in [0.05, 0.1) is 11.2 Å². The molecule has 1 aromatic heterocycles. The summed E-state index contributed by atoms with van der Waals surface area (Å²) in [7, 11) is 0. The first-order chi connectivity index (χ1) is 7.70. The van der Waals surface area contributed by atoms with Crippen molar-refractivity contribution in [3.63, 3.8) is 0 Å². The lowest BCUT2D eigenvalue weighted by molar-refractivity contribution is 0.0910.